The Balaban J connectivity index is 2.11. The molecule has 1 fully saturated rings. The number of aromatic nitrogens is 2. The van der Waals surface area contributed by atoms with Crippen LogP contribution in [0.1, 0.15) is 25.5 Å². The van der Waals surface area contributed by atoms with Crippen LogP contribution in [0.25, 0.3) is 29.2 Å². The van der Waals surface area contributed by atoms with Gasteiger partial charge in [-0.25, -0.2) is 9.97 Å². The fraction of sp³-hybridized carbons (Fsp3) is 0.211. The molecule has 4 rings (SSSR count). The van der Waals surface area contributed by atoms with Gasteiger partial charge in [-0.1, -0.05) is 29.8 Å². The predicted octanol–water partition coefficient (Wildman–Crippen LogP) is 1.46. The molecule has 6 heteroatoms. The Morgan fingerprint density at radius 1 is 1.28 bits per heavy atom. The summed E-state index contributed by atoms with van der Waals surface area (Å²) in [5.41, 5.74) is 9.81. The number of hydrogen-bond acceptors (Lipinski definition) is 5. The molecule has 0 saturated heterocycles. The first-order valence-corrected chi connectivity index (χ1v) is 8.59. The van der Waals surface area contributed by atoms with Gasteiger partial charge in [0.1, 0.15) is 5.35 Å². The lowest BCUT2D eigenvalue weighted by atomic mass is 10.1. The largest absolute Gasteiger partial charge is 0.400 e. The minimum atomic E-state index is 0.0660. The van der Waals surface area contributed by atoms with E-state index in [-0.39, 0.29) is 5.49 Å². The van der Waals surface area contributed by atoms with Crippen molar-refractivity contribution in [3.05, 3.63) is 56.7 Å². The smallest absolute Gasteiger partial charge is 0.173 e. The molecule has 1 saturated carbocycles. The van der Waals surface area contributed by atoms with Crippen LogP contribution in [0.4, 0.5) is 0 Å². The fourth-order valence-electron chi connectivity index (χ4n) is 2.94. The van der Waals surface area contributed by atoms with Gasteiger partial charge in [0.25, 0.3) is 0 Å². The Morgan fingerprint density at radius 3 is 2.72 bits per heavy atom. The summed E-state index contributed by atoms with van der Waals surface area (Å²) in [6.07, 6.45) is 6.30. The van der Waals surface area contributed by atoms with Gasteiger partial charge in [-0.3, -0.25) is 5.41 Å². The number of allylic oxidation sites excluding steroid dienone is 1. The maximum absolute atomic E-state index is 8.29. The van der Waals surface area contributed by atoms with Crippen LogP contribution in [0.2, 0.25) is 5.02 Å². The number of halogens is 1. The maximum atomic E-state index is 8.29. The van der Waals surface area contributed by atoms with Gasteiger partial charge in [-0.15, -0.1) is 0 Å². The average molecular weight is 352 g/mol. The van der Waals surface area contributed by atoms with Crippen molar-refractivity contribution in [3.63, 3.8) is 0 Å². The number of benzene rings is 1. The molecule has 1 aliphatic heterocycles. The highest BCUT2D eigenvalue weighted by atomic mass is 35.5. The second kappa shape index (κ2) is 6.01. The molecule has 0 spiro atoms. The molecular formula is C19H18ClN5. The molecule has 1 aromatic carbocycles. The minimum absolute atomic E-state index is 0.0660. The Kier molecular flexibility index (Phi) is 3.81. The Labute approximate surface area is 150 Å². The van der Waals surface area contributed by atoms with E-state index >= 15 is 0 Å². The van der Waals surface area contributed by atoms with Gasteiger partial charge in [-0.05, 0) is 37.8 Å². The number of nitrogens with two attached hydrogens (primary N) is 1. The molecule has 5 nitrogen and oxygen atoms in total. The van der Waals surface area contributed by atoms with Gasteiger partial charge in [0.2, 0.25) is 0 Å². The first-order chi connectivity index (χ1) is 12.0. The molecule has 126 valence electrons. The summed E-state index contributed by atoms with van der Waals surface area (Å²) < 4.78 is 0. The second-order valence-corrected chi connectivity index (χ2v) is 6.80. The summed E-state index contributed by atoms with van der Waals surface area (Å²) >= 11 is 6.41. The molecule has 2 aliphatic rings. The average Bonchev–Trinajstić information content (AvgIpc) is 3.41. The summed E-state index contributed by atoms with van der Waals surface area (Å²) in [6.45, 7) is 1.73. The highest BCUT2D eigenvalue weighted by molar-refractivity contribution is 6.33. The summed E-state index contributed by atoms with van der Waals surface area (Å²) in [7, 11) is 0. The number of hydrogen-bond donors (Lipinski definition) is 3. The van der Waals surface area contributed by atoms with Crippen LogP contribution in [-0.2, 0) is 0 Å². The number of fused-ring (bicyclic) bond motifs is 1. The first kappa shape index (κ1) is 15.8. The van der Waals surface area contributed by atoms with Crippen molar-refractivity contribution in [2.75, 3.05) is 0 Å². The van der Waals surface area contributed by atoms with Crippen molar-refractivity contribution < 1.29 is 0 Å². The maximum Gasteiger partial charge on any atom is 0.173 e. The van der Waals surface area contributed by atoms with Gasteiger partial charge in [0.05, 0.1) is 11.4 Å². The van der Waals surface area contributed by atoms with Crippen LogP contribution in [0.5, 0.6) is 0 Å². The Morgan fingerprint density at radius 2 is 2.04 bits per heavy atom. The minimum Gasteiger partial charge on any atom is -0.400 e. The highest BCUT2D eigenvalue weighted by Gasteiger charge is 2.27. The van der Waals surface area contributed by atoms with Crippen molar-refractivity contribution in [2.45, 2.75) is 19.8 Å². The zero-order valence-electron chi connectivity index (χ0n) is 13.8. The van der Waals surface area contributed by atoms with Crippen molar-refractivity contribution in [1.29, 1.82) is 5.41 Å². The van der Waals surface area contributed by atoms with Crippen molar-refractivity contribution >= 4 is 29.6 Å². The van der Waals surface area contributed by atoms with E-state index in [4.69, 9.17) is 22.7 Å². The van der Waals surface area contributed by atoms with Gasteiger partial charge >= 0.3 is 0 Å². The van der Waals surface area contributed by atoms with Crippen LogP contribution < -0.4 is 27.1 Å². The Hall–Kier alpha value is -2.66. The molecule has 0 radical (unpaired) electrons. The lowest BCUT2D eigenvalue weighted by molar-refractivity contribution is 0.907. The number of nitrogens with one attached hydrogen (secondary N) is 2. The highest BCUT2D eigenvalue weighted by Crippen LogP contribution is 2.36. The van der Waals surface area contributed by atoms with Crippen LogP contribution in [0, 0.1) is 11.3 Å². The van der Waals surface area contributed by atoms with Crippen LogP contribution in [0.15, 0.2) is 30.0 Å². The number of rotatable bonds is 2. The zero-order chi connectivity index (χ0) is 17.6. The molecule has 4 N–H and O–H groups in total. The molecule has 1 aromatic heterocycles. The third kappa shape index (κ3) is 2.91. The standard InChI is InChI=1S/C19H18ClN5/c1-10(21)17-19(22)24-16-8-15(11-6-7-11)23-9-13(16)18(25-17)12-4-2-3-5-14(12)20/h2-5,8-9,11,22-23H,6-7,21H2,1H3/b17-10+,22-19?. The van der Waals surface area contributed by atoms with Gasteiger partial charge in [-0.2, -0.15) is 0 Å². The molecule has 0 amide bonds. The van der Waals surface area contributed by atoms with E-state index in [1.54, 1.807) is 6.92 Å². The van der Waals surface area contributed by atoms with Gasteiger partial charge in [0, 0.05) is 33.4 Å². The van der Waals surface area contributed by atoms with Gasteiger partial charge in [0.15, 0.2) is 5.49 Å². The topological polar surface area (TPSA) is 87.7 Å². The van der Waals surface area contributed by atoms with E-state index in [0.717, 1.165) is 22.2 Å². The quantitative estimate of drug-likeness (QED) is 0.764. The number of nitrogens with zero attached hydrogens (tertiary/aromatic N) is 2. The van der Waals surface area contributed by atoms with E-state index < -0.39 is 0 Å². The summed E-state index contributed by atoms with van der Waals surface area (Å²) in [5, 5.41) is 13.4. The molecular weight excluding hydrogens is 334 g/mol. The molecule has 0 bridgehead atoms. The van der Waals surface area contributed by atoms with Crippen LogP contribution in [0.3, 0.4) is 0 Å². The Bertz CT molecular complexity index is 1080. The van der Waals surface area contributed by atoms with E-state index in [1.807, 2.05) is 36.5 Å². The van der Waals surface area contributed by atoms with E-state index in [1.165, 1.54) is 12.8 Å². The van der Waals surface area contributed by atoms with Crippen molar-refractivity contribution in [2.24, 2.45) is 11.7 Å². The van der Waals surface area contributed by atoms with Crippen LogP contribution >= 0.6 is 11.6 Å². The fourth-order valence-corrected chi connectivity index (χ4v) is 3.17. The first-order valence-electron chi connectivity index (χ1n) is 8.21. The van der Waals surface area contributed by atoms with Crippen LogP contribution in [-0.4, -0.2) is 9.97 Å². The van der Waals surface area contributed by atoms with Crippen molar-refractivity contribution in [3.8, 4) is 11.3 Å². The third-order valence-electron chi connectivity index (χ3n) is 4.41. The predicted molar refractivity (Wildman–Crippen MR) is 99.2 cm³/mol. The SMILES string of the molecule is C/C(N)=c1\nc(-c2ccccc2Cl)c2c(nc1=N)C=C(C1CC1)NC=2. The molecule has 0 unspecified atom stereocenters. The lowest BCUT2D eigenvalue weighted by Crippen LogP contribution is -2.32. The molecule has 25 heavy (non-hydrogen) atoms. The summed E-state index contributed by atoms with van der Waals surface area (Å²) in [5.74, 6) is 0.560. The van der Waals surface area contributed by atoms with E-state index in [9.17, 15) is 0 Å². The monoisotopic (exact) mass is 351 g/mol. The summed E-state index contributed by atoms with van der Waals surface area (Å²) in [4.78, 5) is 9.15. The van der Waals surface area contributed by atoms with E-state index in [2.05, 4.69) is 15.3 Å². The summed E-state index contributed by atoms with van der Waals surface area (Å²) in [6, 6.07) is 7.53. The second-order valence-electron chi connectivity index (χ2n) is 6.39. The molecule has 1 aliphatic carbocycles. The van der Waals surface area contributed by atoms with Gasteiger partial charge < -0.3 is 11.1 Å². The van der Waals surface area contributed by atoms with Crippen molar-refractivity contribution in [1.82, 2.24) is 15.3 Å². The normalized spacial score (nSPS) is 17.0. The third-order valence-corrected chi connectivity index (χ3v) is 4.74. The zero-order valence-corrected chi connectivity index (χ0v) is 14.6. The molecule has 2 heterocycles. The molecule has 0 atom stereocenters. The molecule has 2 aromatic rings. The lowest BCUT2D eigenvalue weighted by Gasteiger charge is -2.12. The van der Waals surface area contributed by atoms with E-state index in [0.29, 0.717) is 27.7 Å².